The zero-order chi connectivity index (χ0) is 23.8. The average molecular weight is 466 g/mol. The maximum absolute atomic E-state index is 13.2. The van der Waals surface area contributed by atoms with Crippen molar-refractivity contribution < 1.29 is 27.5 Å². The van der Waals surface area contributed by atoms with Gasteiger partial charge >= 0.3 is 12.1 Å². The van der Waals surface area contributed by atoms with E-state index in [1.807, 2.05) is 13.1 Å². The SMILES string of the molecule is COC(=O)C(C)n1cc(C)c2cc(S(=O)(=O)N3CC[C@@H](NC(=O)OC(C)(C)C)C3)ccc21. The number of sulfonamides is 1. The molecule has 0 spiro atoms. The molecule has 10 heteroatoms. The third kappa shape index (κ3) is 4.91. The van der Waals surface area contributed by atoms with Crippen LogP contribution in [0.1, 0.15) is 45.7 Å². The van der Waals surface area contributed by atoms with E-state index < -0.39 is 27.8 Å². The zero-order valence-electron chi connectivity index (χ0n) is 19.3. The van der Waals surface area contributed by atoms with Crippen LogP contribution in [0.3, 0.4) is 0 Å². The number of ether oxygens (including phenoxy) is 2. The van der Waals surface area contributed by atoms with Crippen LogP contribution in [0.15, 0.2) is 29.3 Å². The predicted octanol–water partition coefficient (Wildman–Crippen LogP) is 2.97. The summed E-state index contributed by atoms with van der Waals surface area (Å²) in [6.07, 6.45) is 1.77. The normalized spacial score (nSPS) is 18.5. The van der Waals surface area contributed by atoms with Crippen molar-refractivity contribution >= 4 is 33.0 Å². The van der Waals surface area contributed by atoms with Crippen molar-refractivity contribution in [2.45, 2.75) is 63.6 Å². The highest BCUT2D eigenvalue weighted by atomic mass is 32.2. The standard InChI is InChI=1S/C22H31N3O6S/c1-14-12-25(15(2)20(26)30-6)19-8-7-17(11-18(14)19)32(28,29)24-10-9-16(13-24)23-21(27)31-22(3,4)5/h7-8,11-12,15-16H,9-10,13H2,1-6H3,(H,23,27)/t15?,16-/m1/s1. The van der Waals surface area contributed by atoms with Gasteiger partial charge in [-0.15, -0.1) is 0 Å². The Hall–Kier alpha value is -2.59. The van der Waals surface area contributed by atoms with E-state index in [1.165, 1.54) is 11.4 Å². The van der Waals surface area contributed by atoms with Crippen molar-refractivity contribution in [2.24, 2.45) is 0 Å². The van der Waals surface area contributed by atoms with Crippen molar-refractivity contribution in [3.8, 4) is 0 Å². The van der Waals surface area contributed by atoms with Gasteiger partial charge in [0, 0.05) is 36.2 Å². The summed E-state index contributed by atoms with van der Waals surface area (Å²) in [7, 11) is -2.41. The van der Waals surface area contributed by atoms with Crippen molar-refractivity contribution in [1.29, 1.82) is 0 Å². The van der Waals surface area contributed by atoms with Gasteiger partial charge in [0.05, 0.1) is 12.0 Å². The summed E-state index contributed by atoms with van der Waals surface area (Å²) in [5, 5.41) is 3.50. The monoisotopic (exact) mass is 465 g/mol. The summed E-state index contributed by atoms with van der Waals surface area (Å²) in [6, 6.07) is 4.05. The molecule has 0 radical (unpaired) electrons. The molecule has 1 fully saturated rings. The second kappa shape index (κ2) is 8.74. The van der Waals surface area contributed by atoms with Gasteiger partial charge in [-0.2, -0.15) is 4.31 Å². The number of carbonyl (C=O) groups is 2. The van der Waals surface area contributed by atoms with E-state index in [0.717, 1.165) is 16.5 Å². The van der Waals surface area contributed by atoms with Crippen molar-refractivity contribution in [3.05, 3.63) is 30.0 Å². The second-order valence-electron chi connectivity index (χ2n) is 9.09. The highest BCUT2D eigenvalue weighted by Gasteiger charge is 2.34. The van der Waals surface area contributed by atoms with Gasteiger partial charge < -0.3 is 19.4 Å². The molecule has 0 saturated carbocycles. The van der Waals surface area contributed by atoms with E-state index in [0.29, 0.717) is 13.0 Å². The molecule has 1 N–H and O–H groups in total. The molecular weight excluding hydrogens is 434 g/mol. The molecule has 9 nitrogen and oxygen atoms in total. The maximum atomic E-state index is 13.2. The van der Waals surface area contributed by atoms with Gasteiger partial charge in [0.15, 0.2) is 0 Å². The first-order valence-corrected chi connectivity index (χ1v) is 12.0. The van der Waals surface area contributed by atoms with E-state index in [2.05, 4.69) is 5.32 Å². The van der Waals surface area contributed by atoms with E-state index in [-0.39, 0.29) is 23.5 Å². The first-order chi connectivity index (χ1) is 14.8. The average Bonchev–Trinajstić information content (AvgIpc) is 3.30. The Balaban J connectivity index is 1.80. The lowest BCUT2D eigenvalue weighted by molar-refractivity contribution is -0.143. The fraction of sp³-hybridized carbons (Fsp3) is 0.545. The van der Waals surface area contributed by atoms with Crippen LogP contribution in [-0.4, -0.2) is 61.2 Å². The van der Waals surface area contributed by atoms with Crippen LogP contribution < -0.4 is 5.32 Å². The molecule has 1 unspecified atom stereocenters. The molecule has 2 heterocycles. The number of nitrogens with one attached hydrogen (secondary N) is 1. The molecular formula is C22H31N3O6S. The Morgan fingerprint density at radius 2 is 1.94 bits per heavy atom. The Bertz CT molecular complexity index is 1130. The number of nitrogens with zero attached hydrogens (tertiary/aromatic N) is 2. The third-order valence-electron chi connectivity index (χ3n) is 5.47. The number of alkyl carbamates (subject to hydrolysis) is 1. The van der Waals surface area contributed by atoms with Crippen molar-refractivity contribution in [3.63, 3.8) is 0 Å². The molecule has 3 rings (SSSR count). The minimum atomic E-state index is -3.74. The van der Waals surface area contributed by atoms with Crippen LogP contribution >= 0.6 is 0 Å². The summed E-state index contributed by atoms with van der Waals surface area (Å²) in [5.74, 6) is -0.376. The third-order valence-corrected chi connectivity index (χ3v) is 7.33. The number of hydrogen-bond donors (Lipinski definition) is 1. The maximum Gasteiger partial charge on any atom is 0.407 e. The van der Waals surface area contributed by atoms with E-state index in [1.54, 1.807) is 50.5 Å². The highest BCUT2D eigenvalue weighted by Crippen LogP contribution is 2.29. The summed E-state index contributed by atoms with van der Waals surface area (Å²) in [4.78, 5) is 24.2. The summed E-state index contributed by atoms with van der Waals surface area (Å²) >= 11 is 0. The molecule has 1 aromatic heterocycles. The molecule has 0 bridgehead atoms. The smallest absolute Gasteiger partial charge is 0.407 e. The Labute approximate surface area is 188 Å². The number of hydrogen-bond acceptors (Lipinski definition) is 6. The number of methoxy groups -OCH3 is 1. The van der Waals surface area contributed by atoms with Crippen LogP contribution in [0, 0.1) is 6.92 Å². The minimum absolute atomic E-state index is 0.175. The lowest BCUT2D eigenvalue weighted by Crippen LogP contribution is -2.41. The van der Waals surface area contributed by atoms with Gasteiger partial charge in [-0.3, -0.25) is 0 Å². The Kier molecular flexibility index (Phi) is 6.57. The van der Waals surface area contributed by atoms with Crippen LogP contribution in [0.2, 0.25) is 0 Å². The molecule has 1 aromatic carbocycles. The number of benzene rings is 1. The minimum Gasteiger partial charge on any atom is -0.467 e. The Morgan fingerprint density at radius 3 is 2.56 bits per heavy atom. The number of amides is 1. The summed E-state index contributed by atoms with van der Waals surface area (Å²) < 4.78 is 39.7. The van der Waals surface area contributed by atoms with E-state index in [4.69, 9.17) is 9.47 Å². The summed E-state index contributed by atoms with van der Waals surface area (Å²) in [5.41, 5.74) is 0.993. The Morgan fingerprint density at radius 1 is 1.25 bits per heavy atom. The van der Waals surface area contributed by atoms with Crippen molar-refractivity contribution in [1.82, 2.24) is 14.2 Å². The van der Waals surface area contributed by atoms with E-state index >= 15 is 0 Å². The van der Waals surface area contributed by atoms with Crippen molar-refractivity contribution in [2.75, 3.05) is 20.2 Å². The number of aryl methyl sites for hydroxylation is 1. The van der Waals surface area contributed by atoms with Crippen LogP contribution in [0.5, 0.6) is 0 Å². The molecule has 0 aliphatic carbocycles. The fourth-order valence-corrected chi connectivity index (χ4v) is 5.38. The predicted molar refractivity (Wildman–Crippen MR) is 120 cm³/mol. The molecule has 2 atom stereocenters. The molecule has 1 aliphatic heterocycles. The lowest BCUT2D eigenvalue weighted by atomic mass is 10.2. The quantitative estimate of drug-likeness (QED) is 0.681. The van der Waals surface area contributed by atoms with Gasteiger partial charge in [0.2, 0.25) is 10.0 Å². The lowest BCUT2D eigenvalue weighted by Gasteiger charge is -2.22. The number of rotatable bonds is 5. The van der Waals surface area contributed by atoms with Gasteiger partial charge in [-0.25, -0.2) is 18.0 Å². The molecule has 32 heavy (non-hydrogen) atoms. The number of fused-ring (bicyclic) bond motifs is 1. The molecule has 176 valence electrons. The largest absolute Gasteiger partial charge is 0.467 e. The first-order valence-electron chi connectivity index (χ1n) is 10.5. The topological polar surface area (TPSA) is 107 Å². The number of carbonyl (C=O) groups excluding carboxylic acids is 2. The molecule has 1 aliphatic rings. The number of aromatic nitrogens is 1. The number of esters is 1. The van der Waals surface area contributed by atoms with Crippen LogP contribution in [0.25, 0.3) is 10.9 Å². The van der Waals surface area contributed by atoms with Gasteiger partial charge in [0.1, 0.15) is 11.6 Å². The van der Waals surface area contributed by atoms with Gasteiger partial charge in [-0.1, -0.05) is 0 Å². The first kappa shape index (κ1) is 24.1. The highest BCUT2D eigenvalue weighted by molar-refractivity contribution is 7.89. The zero-order valence-corrected chi connectivity index (χ0v) is 20.2. The molecule has 2 aromatic rings. The van der Waals surface area contributed by atoms with Gasteiger partial charge in [0.25, 0.3) is 0 Å². The van der Waals surface area contributed by atoms with E-state index in [9.17, 15) is 18.0 Å². The van der Waals surface area contributed by atoms with Crippen LogP contribution in [-0.2, 0) is 24.3 Å². The summed E-state index contributed by atoms with van der Waals surface area (Å²) in [6.45, 7) is 9.41. The van der Waals surface area contributed by atoms with Gasteiger partial charge in [-0.05, 0) is 64.8 Å². The van der Waals surface area contributed by atoms with Crippen LogP contribution in [0.4, 0.5) is 4.79 Å². The fourth-order valence-electron chi connectivity index (χ4n) is 3.86. The molecule has 1 amide bonds. The molecule has 1 saturated heterocycles. The second-order valence-corrected chi connectivity index (χ2v) is 11.0.